The maximum absolute atomic E-state index is 5.92. The number of ether oxygens (including phenoxy) is 2. The third kappa shape index (κ3) is 3.06. The topological polar surface area (TPSA) is 44.5 Å². The van der Waals surface area contributed by atoms with Crippen LogP contribution in [0.15, 0.2) is 36.4 Å². The van der Waals surface area contributed by atoms with Crippen molar-refractivity contribution in [2.24, 2.45) is 5.73 Å². The maximum atomic E-state index is 5.92. The predicted molar refractivity (Wildman–Crippen MR) is 76.9 cm³/mol. The molecule has 0 atom stereocenters. The van der Waals surface area contributed by atoms with Gasteiger partial charge in [0.05, 0.1) is 7.11 Å². The van der Waals surface area contributed by atoms with Crippen molar-refractivity contribution in [3.63, 3.8) is 0 Å². The van der Waals surface area contributed by atoms with Crippen LogP contribution >= 0.6 is 0 Å². The summed E-state index contributed by atoms with van der Waals surface area (Å²) in [5.74, 6) is 2.28. The molecule has 0 aliphatic rings. The molecule has 0 saturated carbocycles. The monoisotopic (exact) mass is 257 g/mol. The summed E-state index contributed by atoms with van der Waals surface area (Å²) in [6.07, 6.45) is 0. The maximum Gasteiger partial charge on any atom is 0.169 e. The van der Waals surface area contributed by atoms with Gasteiger partial charge in [0.15, 0.2) is 11.5 Å². The molecule has 0 spiro atoms. The summed E-state index contributed by atoms with van der Waals surface area (Å²) in [6, 6.07) is 11.8. The highest BCUT2D eigenvalue weighted by Crippen LogP contribution is 2.33. The van der Waals surface area contributed by atoms with Gasteiger partial charge in [-0.1, -0.05) is 18.2 Å². The second kappa shape index (κ2) is 5.76. The second-order valence-corrected chi connectivity index (χ2v) is 4.56. The molecule has 0 saturated heterocycles. The zero-order chi connectivity index (χ0) is 13.8. The molecule has 0 aliphatic carbocycles. The third-order valence-corrected chi connectivity index (χ3v) is 3.01. The van der Waals surface area contributed by atoms with Crippen LogP contribution in [0.5, 0.6) is 17.2 Å². The van der Waals surface area contributed by atoms with Gasteiger partial charge in [0, 0.05) is 6.54 Å². The van der Waals surface area contributed by atoms with Gasteiger partial charge in [0.2, 0.25) is 0 Å². The first-order chi connectivity index (χ1) is 9.13. The Morgan fingerprint density at radius 3 is 2.32 bits per heavy atom. The third-order valence-electron chi connectivity index (χ3n) is 3.01. The first kappa shape index (κ1) is 13.4. The highest BCUT2D eigenvalue weighted by atomic mass is 16.5. The number of rotatable bonds is 4. The predicted octanol–water partition coefficient (Wildman–Crippen LogP) is 3.56. The van der Waals surface area contributed by atoms with E-state index in [2.05, 4.69) is 0 Å². The Morgan fingerprint density at radius 2 is 1.68 bits per heavy atom. The molecule has 2 N–H and O–H groups in total. The summed E-state index contributed by atoms with van der Waals surface area (Å²) in [7, 11) is 1.64. The Bertz CT molecular complexity index is 579. The van der Waals surface area contributed by atoms with Crippen molar-refractivity contribution in [2.45, 2.75) is 20.4 Å². The van der Waals surface area contributed by atoms with E-state index >= 15 is 0 Å². The van der Waals surface area contributed by atoms with Crippen molar-refractivity contribution in [1.29, 1.82) is 0 Å². The summed E-state index contributed by atoms with van der Waals surface area (Å²) in [4.78, 5) is 0. The van der Waals surface area contributed by atoms with Crippen LogP contribution in [0.1, 0.15) is 16.7 Å². The average Bonchev–Trinajstić information content (AvgIpc) is 2.42. The van der Waals surface area contributed by atoms with Gasteiger partial charge in [0.25, 0.3) is 0 Å². The molecule has 2 aromatic carbocycles. The SMILES string of the molecule is COc1cc(C)ccc1Oc1ccc(CN)cc1C. The van der Waals surface area contributed by atoms with Gasteiger partial charge in [-0.05, 0) is 48.7 Å². The van der Waals surface area contributed by atoms with Crippen LogP contribution < -0.4 is 15.2 Å². The molecule has 2 rings (SSSR count). The van der Waals surface area contributed by atoms with Gasteiger partial charge >= 0.3 is 0 Å². The Labute approximate surface area is 114 Å². The first-order valence-corrected chi connectivity index (χ1v) is 6.26. The van der Waals surface area contributed by atoms with E-state index in [9.17, 15) is 0 Å². The van der Waals surface area contributed by atoms with Crippen LogP contribution in [0.4, 0.5) is 0 Å². The molecule has 0 fully saturated rings. The summed E-state index contributed by atoms with van der Waals surface area (Å²) >= 11 is 0. The lowest BCUT2D eigenvalue weighted by atomic mass is 10.1. The number of benzene rings is 2. The Morgan fingerprint density at radius 1 is 0.947 bits per heavy atom. The Kier molecular flexibility index (Phi) is 4.07. The van der Waals surface area contributed by atoms with Crippen LogP contribution in [0.2, 0.25) is 0 Å². The molecule has 0 aliphatic heterocycles. The average molecular weight is 257 g/mol. The highest BCUT2D eigenvalue weighted by molar-refractivity contribution is 5.47. The zero-order valence-corrected chi connectivity index (χ0v) is 11.6. The minimum absolute atomic E-state index is 0.537. The fourth-order valence-electron chi connectivity index (χ4n) is 1.93. The number of hydrogen-bond donors (Lipinski definition) is 1. The van der Waals surface area contributed by atoms with Crippen molar-refractivity contribution in [2.75, 3.05) is 7.11 Å². The molecule has 0 amide bonds. The van der Waals surface area contributed by atoms with Gasteiger partial charge in [-0.25, -0.2) is 0 Å². The number of hydrogen-bond acceptors (Lipinski definition) is 3. The van der Waals surface area contributed by atoms with E-state index in [1.165, 1.54) is 0 Å². The van der Waals surface area contributed by atoms with Crippen molar-refractivity contribution in [3.05, 3.63) is 53.1 Å². The molecule has 19 heavy (non-hydrogen) atoms. The molecule has 100 valence electrons. The van der Waals surface area contributed by atoms with Gasteiger partial charge in [-0.3, -0.25) is 0 Å². The summed E-state index contributed by atoms with van der Waals surface area (Å²) < 4.78 is 11.3. The molecule has 0 heterocycles. The fourth-order valence-corrected chi connectivity index (χ4v) is 1.93. The lowest BCUT2D eigenvalue weighted by Crippen LogP contribution is -1.98. The molecule has 3 nitrogen and oxygen atoms in total. The van der Waals surface area contributed by atoms with E-state index < -0.39 is 0 Å². The Balaban J connectivity index is 2.31. The number of aryl methyl sites for hydroxylation is 2. The van der Waals surface area contributed by atoms with E-state index in [-0.39, 0.29) is 0 Å². The summed E-state index contributed by atoms with van der Waals surface area (Å²) in [5, 5.41) is 0. The standard InChI is InChI=1S/C16H19NO2/c1-11-4-6-15(16(8-11)18-3)19-14-7-5-13(10-17)9-12(14)2/h4-9H,10,17H2,1-3H3. The molecule has 0 unspecified atom stereocenters. The molecule has 3 heteroatoms. The van der Waals surface area contributed by atoms with E-state index in [1.807, 2.05) is 50.2 Å². The minimum atomic E-state index is 0.537. The van der Waals surface area contributed by atoms with Crippen LogP contribution in [0.25, 0.3) is 0 Å². The summed E-state index contributed by atoms with van der Waals surface area (Å²) in [5.41, 5.74) is 8.92. The van der Waals surface area contributed by atoms with Crippen molar-refractivity contribution in [1.82, 2.24) is 0 Å². The normalized spacial score (nSPS) is 10.3. The fraction of sp³-hybridized carbons (Fsp3) is 0.250. The van der Waals surface area contributed by atoms with Gasteiger partial charge in [-0.15, -0.1) is 0 Å². The first-order valence-electron chi connectivity index (χ1n) is 6.26. The molecule has 0 bridgehead atoms. The lowest BCUT2D eigenvalue weighted by molar-refractivity contribution is 0.377. The Hall–Kier alpha value is -2.00. The lowest BCUT2D eigenvalue weighted by Gasteiger charge is -2.13. The minimum Gasteiger partial charge on any atom is -0.493 e. The van der Waals surface area contributed by atoms with E-state index in [4.69, 9.17) is 15.2 Å². The van der Waals surface area contributed by atoms with Crippen LogP contribution in [0, 0.1) is 13.8 Å². The van der Waals surface area contributed by atoms with Crippen LogP contribution in [-0.2, 0) is 6.54 Å². The largest absolute Gasteiger partial charge is 0.493 e. The summed E-state index contributed by atoms with van der Waals surface area (Å²) in [6.45, 7) is 4.57. The van der Waals surface area contributed by atoms with Crippen molar-refractivity contribution >= 4 is 0 Å². The van der Waals surface area contributed by atoms with E-state index in [0.717, 1.165) is 33.9 Å². The molecular formula is C16H19NO2. The van der Waals surface area contributed by atoms with Crippen LogP contribution in [-0.4, -0.2) is 7.11 Å². The molecule has 0 radical (unpaired) electrons. The molecule has 0 aromatic heterocycles. The molecular weight excluding hydrogens is 238 g/mol. The zero-order valence-electron chi connectivity index (χ0n) is 11.6. The van der Waals surface area contributed by atoms with Gasteiger partial charge < -0.3 is 15.2 Å². The van der Waals surface area contributed by atoms with Crippen LogP contribution in [0.3, 0.4) is 0 Å². The highest BCUT2D eigenvalue weighted by Gasteiger charge is 2.08. The van der Waals surface area contributed by atoms with Gasteiger partial charge in [0.1, 0.15) is 5.75 Å². The molecule has 2 aromatic rings. The number of nitrogens with two attached hydrogens (primary N) is 1. The quantitative estimate of drug-likeness (QED) is 0.910. The number of methoxy groups -OCH3 is 1. The van der Waals surface area contributed by atoms with E-state index in [0.29, 0.717) is 6.54 Å². The van der Waals surface area contributed by atoms with E-state index in [1.54, 1.807) is 7.11 Å². The second-order valence-electron chi connectivity index (χ2n) is 4.56. The smallest absolute Gasteiger partial charge is 0.169 e. The van der Waals surface area contributed by atoms with Crippen molar-refractivity contribution < 1.29 is 9.47 Å². The van der Waals surface area contributed by atoms with Gasteiger partial charge in [-0.2, -0.15) is 0 Å². The van der Waals surface area contributed by atoms with Crippen molar-refractivity contribution in [3.8, 4) is 17.2 Å².